The Morgan fingerprint density at radius 1 is 0.927 bits per heavy atom. The summed E-state index contributed by atoms with van der Waals surface area (Å²) < 4.78 is 0. The second-order valence-electron chi connectivity index (χ2n) is 12.2. The van der Waals surface area contributed by atoms with Crippen molar-refractivity contribution in [2.45, 2.75) is 46.1 Å². The molecule has 41 heavy (non-hydrogen) atoms. The molecule has 3 amide bonds. The quantitative estimate of drug-likeness (QED) is 0.350. The third kappa shape index (κ3) is 6.99. The van der Waals surface area contributed by atoms with E-state index in [4.69, 9.17) is 11.6 Å². The highest BCUT2D eigenvalue weighted by Crippen LogP contribution is 2.42. The van der Waals surface area contributed by atoms with E-state index in [-0.39, 0.29) is 29.1 Å². The minimum Gasteiger partial charge on any atom is -0.345 e. The van der Waals surface area contributed by atoms with Crippen LogP contribution >= 0.6 is 11.6 Å². The normalized spacial score (nSPS) is 17.2. The minimum atomic E-state index is -0.634. The molecular weight excluding hydrogens is 534 g/mol. The van der Waals surface area contributed by atoms with Crippen molar-refractivity contribution in [2.75, 3.05) is 27.2 Å². The van der Waals surface area contributed by atoms with Gasteiger partial charge in [0, 0.05) is 43.3 Å². The van der Waals surface area contributed by atoms with Crippen LogP contribution in [0.15, 0.2) is 72.8 Å². The number of piperidine rings is 1. The topological polar surface area (TPSA) is 69.7 Å². The van der Waals surface area contributed by atoms with E-state index in [0.29, 0.717) is 30.1 Å². The lowest BCUT2D eigenvalue weighted by molar-refractivity contribution is -0.137. The standard InChI is InChI=1S/C34H40ClN3O3/c1-22(2)30(33(41)38-19-18-29(34(3,4)21-38)24-14-16-28(35)17-15-24)36-31(39)27-9-7-8-26(20-27)23-10-12-25(13-11-23)32(40)37(5)6/h7-17,20,22,29-30H,18-19,21H2,1-6H3,(H,36,39)/t29-,30-/m1/s1. The molecule has 3 aromatic carbocycles. The van der Waals surface area contributed by atoms with Gasteiger partial charge in [-0.25, -0.2) is 0 Å². The lowest BCUT2D eigenvalue weighted by Gasteiger charge is -2.45. The van der Waals surface area contributed by atoms with Crippen LogP contribution in [0.1, 0.15) is 66.3 Å². The second-order valence-corrected chi connectivity index (χ2v) is 12.6. The summed E-state index contributed by atoms with van der Waals surface area (Å²) in [6.45, 7) is 9.56. The molecule has 1 saturated heterocycles. The van der Waals surface area contributed by atoms with Crippen molar-refractivity contribution in [3.05, 3.63) is 94.5 Å². The Hall–Kier alpha value is -3.64. The van der Waals surface area contributed by atoms with Crippen molar-refractivity contribution in [1.82, 2.24) is 15.1 Å². The summed E-state index contributed by atoms with van der Waals surface area (Å²) in [6.07, 6.45) is 0.847. The fraction of sp³-hybridized carbons (Fsp3) is 0.382. The summed E-state index contributed by atoms with van der Waals surface area (Å²) in [5.74, 6) is -0.157. The van der Waals surface area contributed by atoms with E-state index in [2.05, 4.69) is 31.3 Å². The Balaban J connectivity index is 1.46. The van der Waals surface area contributed by atoms with Crippen LogP contribution in [-0.4, -0.2) is 60.7 Å². The molecule has 0 saturated carbocycles. The zero-order valence-electron chi connectivity index (χ0n) is 24.8. The molecular formula is C34H40ClN3O3. The Morgan fingerprint density at radius 3 is 2.17 bits per heavy atom. The third-order valence-electron chi connectivity index (χ3n) is 8.03. The van der Waals surface area contributed by atoms with Crippen LogP contribution in [0.2, 0.25) is 5.02 Å². The number of carbonyl (C=O) groups excluding carboxylic acids is 3. The minimum absolute atomic E-state index is 0.0479. The first kappa shape index (κ1) is 30.3. The van der Waals surface area contributed by atoms with E-state index in [1.165, 1.54) is 10.5 Å². The Bertz CT molecular complexity index is 1400. The molecule has 6 nitrogen and oxygen atoms in total. The molecule has 2 atom stereocenters. The predicted molar refractivity (Wildman–Crippen MR) is 165 cm³/mol. The first-order valence-electron chi connectivity index (χ1n) is 14.1. The molecule has 216 valence electrons. The molecule has 0 radical (unpaired) electrons. The number of halogens is 1. The maximum atomic E-state index is 13.8. The van der Waals surface area contributed by atoms with Gasteiger partial charge in [0.15, 0.2) is 0 Å². The molecule has 0 aliphatic carbocycles. The highest BCUT2D eigenvalue weighted by atomic mass is 35.5. The Kier molecular flexibility index (Phi) is 9.23. The third-order valence-corrected chi connectivity index (χ3v) is 8.28. The molecule has 0 spiro atoms. The van der Waals surface area contributed by atoms with E-state index in [1.54, 1.807) is 32.3 Å². The van der Waals surface area contributed by atoms with Crippen LogP contribution in [0.4, 0.5) is 0 Å². The lowest BCUT2D eigenvalue weighted by Crippen LogP contribution is -2.55. The highest BCUT2D eigenvalue weighted by Gasteiger charge is 2.40. The average Bonchev–Trinajstić information content (AvgIpc) is 2.95. The molecule has 0 bridgehead atoms. The maximum absolute atomic E-state index is 13.8. The predicted octanol–water partition coefficient (Wildman–Crippen LogP) is 6.51. The summed E-state index contributed by atoms with van der Waals surface area (Å²) in [5.41, 5.74) is 3.95. The number of carbonyl (C=O) groups is 3. The van der Waals surface area contributed by atoms with Crippen molar-refractivity contribution in [1.29, 1.82) is 0 Å². The van der Waals surface area contributed by atoms with E-state index in [0.717, 1.165) is 22.6 Å². The summed E-state index contributed by atoms with van der Waals surface area (Å²) in [5, 5.41) is 3.74. The van der Waals surface area contributed by atoms with Gasteiger partial charge in [0.1, 0.15) is 6.04 Å². The number of amides is 3. The fourth-order valence-corrected chi connectivity index (χ4v) is 5.82. The van der Waals surface area contributed by atoms with Gasteiger partial charge >= 0.3 is 0 Å². The van der Waals surface area contributed by atoms with Crippen LogP contribution in [0.5, 0.6) is 0 Å². The van der Waals surface area contributed by atoms with Gasteiger partial charge in [-0.2, -0.15) is 0 Å². The Morgan fingerprint density at radius 2 is 1.59 bits per heavy atom. The zero-order chi connectivity index (χ0) is 29.9. The van der Waals surface area contributed by atoms with Crippen molar-refractivity contribution < 1.29 is 14.4 Å². The molecule has 0 unspecified atom stereocenters. The van der Waals surface area contributed by atoms with E-state index >= 15 is 0 Å². The number of hydrogen-bond acceptors (Lipinski definition) is 3. The SMILES string of the molecule is CC(C)[C@@H](NC(=O)c1cccc(-c2ccc(C(=O)N(C)C)cc2)c1)C(=O)N1CC[C@H](c2ccc(Cl)cc2)C(C)(C)C1. The molecule has 1 fully saturated rings. The van der Waals surface area contributed by atoms with Crippen LogP contribution in [0.3, 0.4) is 0 Å². The van der Waals surface area contributed by atoms with Gasteiger partial charge in [0.05, 0.1) is 0 Å². The molecule has 1 aliphatic rings. The lowest BCUT2D eigenvalue weighted by atomic mass is 9.70. The van der Waals surface area contributed by atoms with Gasteiger partial charge < -0.3 is 15.1 Å². The molecule has 1 aliphatic heterocycles. The van der Waals surface area contributed by atoms with Gasteiger partial charge in [0.2, 0.25) is 5.91 Å². The number of rotatable bonds is 7. The fourth-order valence-electron chi connectivity index (χ4n) is 5.70. The van der Waals surface area contributed by atoms with Gasteiger partial charge in [0.25, 0.3) is 11.8 Å². The highest BCUT2D eigenvalue weighted by molar-refractivity contribution is 6.30. The number of likely N-dealkylation sites (tertiary alicyclic amines) is 1. The second kappa shape index (κ2) is 12.5. The van der Waals surface area contributed by atoms with E-state index in [9.17, 15) is 14.4 Å². The molecule has 0 aromatic heterocycles. The molecule has 3 aromatic rings. The van der Waals surface area contributed by atoms with Gasteiger partial charge in [-0.3, -0.25) is 14.4 Å². The van der Waals surface area contributed by atoms with Crippen LogP contribution in [-0.2, 0) is 4.79 Å². The van der Waals surface area contributed by atoms with E-state index in [1.807, 2.05) is 61.2 Å². The van der Waals surface area contributed by atoms with Gasteiger partial charge in [-0.05, 0) is 76.8 Å². The van der Waals surface area contributed by atoms with Crippen molar-refractivity contribution in [2.24, 2.45) is 11.3 Å². The maximum Gasteiger partial charge on any atom is 0.253 e. The number of nitrogens with one attached hydrogen (secondary N) is 1. The number of hydrogen-bond donors (Lipinski definition) is 1. The van der Waals surface area contributed by atoms with E-state index < -0.39 is 6.04 Å². The first-order valence-corrected chi connectivity index (χ1v) is 14.5. The smallest absolute Gasteiger partial charge is 0.253 e. The number of benzene rings is 3. The van der Waals surface area contributed by atoms with Crippen molar-refractivity contribution in [3.8, 4) is 11.1 Å². The number of nitrogens with zero attached hydrogens (tertiary/aromatic N) is 2. The van der Waals surface area contributed by atoms with Crippen LogP contribution in [0, 0.1) is 11.3 Å². The van der Waals surface area contributed by atoms with Gasteiger partial charge in [-0.1, -0.05) is 75.7 Å². The van der Waals surface area contributed by atoms with Crippen molar-refractivity contribution in [3.63, 3.8) is 0 Å². The molecule has 1 N–H and O–H groups in total. The first-order chi connectivity index (χ1) is 19.4. The van der Waals surface area contributed by atoms with Crippen LogP contribution < -0.4 is 5.32 Å². The summed E-state index contributed by atoms with van der Waals surface area (Å²) in [4.78, 5) is 42.8. The average molecular weight is 574 g/mol. The van der Waals surface area contributed by atoms with Crippen LogP contribution in [0.25, 0.3) is 11.1 Å². The largest absolute Gasteiger partial charge is 0.345 e. The molecule has 4 rings (SSSR count). The Labute approximate surface area is 248 Å². The summed E-state index contributed by atoms with van der Waals surface area (Å²) >= 11 is 6.10. The van der Waals surface area contributed by atoms with Crippen molar-refractivity contribution >= 4 is 29.3 Å². The molecule has 7 heteroatoms. The summed E-state index contributed by atoms with van der Waals surface area (Å²) in [7, 11) is 3.44. The molecule has 1 heterocycles. The monoisotopic (exact) mass is 573 g/mol. The zero-order valence-corrected chi connectivity index (χ0v) is 25.5. The summed E-state index contributed by atoms with van der Waals surface area (Å²) in [6, 6.07) is 22.0. The van der Waals surface area contributed by atoms with Gasteiger partial charge in [-0.15, -0.1) is 0 Å².